The number of hydrogen-bond donors (Lipinski definition) is 1. The van der Waals surface area contributed by atoms with Crippen molar-refractivity contribution in [2.45, 2.75) is 38.9 Å². The summed E-state index contributed by atoms with van der Waals surface area (Å²) in [5.74, 6) is 0. The Morgan fingerprint density at radius 3 is 2.45 bits per heavy atom. The Kier molecular flexibility index (Phi) is 2.52. The topological polar surface area (TPSA) is 32.7 Å². The van der Waals surface area contributed by atoms with Crippen LogP contribution in [0, 0.1) is 0 Å². The van der Waals surface area contributed by atoms with Crippen LogP contribution in [-0.2, 0) is 4.74 Å². The van der Waals surface area contributed by atoms with Gasteiger partial charge in [-0.05, 0) is 27.2 Å². The zero-order valence-corrected chi connectivity index (χ0v) is 7.50. The van der Waals surface area contributed by atoms with Gasteiger partial charge in [0.15, 0.2) is 0 Å². The Morgan fingerprint density at radius 2 is 2.09 bits per heavy atom. The summed E-state index contributed by atoms with van der Waals surface area (Å²) in [4.78, 5) is 0. The predicted octanol–water partition coefficient (Wildman–Crippen LogP) is 1.26. The van der Waals surface area contributed by atoms with E-state index in [0.717, 1.165) is 13.0 Å². The maximum Gasteiger partial charge on any atom is 0.0745 e. The molecule has 0 spiro atoms. The summed E-state index contributed by atoms with van der Waals surface area (Å²) in [5.41, 5.74) is -0.0875. The van der Waals surface area contributed by atoms with Gasteiger partial charge in [-0.2, -0.15) is 5.06 Å². The molecule has 3 nitrogen and oxygen atoms in total. The highest BCUT2D eigenvalue weighted by molar-refractivity contribution is 4.73. The minimum atomic E-state index is -0.0875. The van der Waals surface area contributed by atoms with Gasteiger partial charge in [-0.3, -0.25) is 0 Å². The number of hydrogen-bond acceptors (Lipinski definition) is 3. The molecule has 11 heavy (non-hydrogen) atoms. The van der Waals surface area contributed by atoms with Crippen molar-refractivity contribution in [3.8, 4) is 0 Å². The predicted molar refractivity (Wildman–Crippen MR) is 42.6 cm³/mol. The SMILES string of the molecule is CC(C)(C)OC1CCN(O)C1. The van der Waals surface area contributed by atoms with Gasteiger partial charge >= 0.3 is 0 Å². The summed E-state index contributed by atoms with van der Waals surface area (Å²) in [6, 6.07) is 0. The Labute approximate surface area is 67.9 Å². The quantitative estimate of drug-likeness (QED) is 0.625. The lowest BCUT2D eigenvalue weighted by molar-refractivity contribution is -0.101. The number of nitrogens with zero attached hydrogens (tertiary/aromatic N) is 1. The van der Waals surface area contributed by atoms with Gasteiger partial charge in [-0.25, -0.2) is 0 Å². The van der Waals surface area contributed by atoms with Crippen molar-refractivity contribution in [1.29, 1.82) is 0 Å². The maximum absolute atomic E-state index is 9.05. The van der Waals surface area contributed by atoms with Crippen LogP contribution in [0.4, 0.5) is 0 Å². The molecule has 1 aliphatic heterocycles. The zero-order valence-electron chi connectivity index (χ0n) is 7.50. The molecule has 3 heteroatoms. The third-order valence-corrected chi connectivity index (χ3v) is 1.64. The fourth-order valence-corrected chi connectivity index (χ4v) is 1.31. The first-order chi connectivity index (χ1) is 4.97. The Balaban J connectivity index is 2.29. The lowest BCUT2D eigenvalue weighted by atomic mass is 10.2. The second kappa shape index (κ2) is 3.09. The van der Waals surface area contributed by atoms with Gasteiger partial charge in [0.1, 0.15) is 0 Å². The third-order valence-electron chi connectivity index (χ3n) is 1.64. The van der Waals surface area contributed by atoms with E-state index in [1.807, 2.05) is 20.8 Å². The molecule has 0 aromatic carbocycles. The highest BCUT2D eigenvalue weighted by Gasteiger charge is 2.25. The molecular weight excluding hydrogens is 142 g/mol. The van der Waals surface area contributed by atoms with Crippen LogP contribution in [0.5, 0.6) is 0 Å². The van der Waals surface area contributed by atoms with E-state index in [0.29, 0.717) is 6.54 Å². The molecule has 0 aliphatic carbocycles. The molecule has 1 aliphatic rings. The van der Waals surface area contributed by atoms with Crippen LogP contribution in [0.3, 0.4) is 0 Å². The fraction of sp³-hybridized carbons (Fsp3) is 1.00. The maximum atomic E-state index is 9.05. The molecule has 0 amide bonds. The summed E-state index contributed by atoms with van der Waals surface area (Å²) in [6.07, 6.45) is 1.15. The minimum Gasteiger partial charge on any atom is -0.371 e. The Hall–Kier alpha value is -0.120. The normalized spacial score (nSPS) is 27.8. The third kappa shape index (κ3) is 3.18. The smallest absolute Gasteiger partial charge is 0.0745 e. The second-order valence-corrected chi connectivity index (χ2v) is 4.05. The molecule has 1 rings (SSSR count). The van der Waals surface area contributed by atoms with E-state index >= 15 is 0 Å². The van der Waals surface area contributed by atoms with Crippen LogP contribution < -0.4 is 0 Å². The van der Waals surface area contributed by atoms with Crippen molar-refractivity contribution in [2.24, 2.45) is 0 Å². The van der Waals surface area contributed by atoms with Crippen molar-refractivity contribution in [1.82, 2.24) is 5.06 Å². The summed E-state index contributed by atoms with van der Waals surface area (Å²) in [5, 5.41) is 10.4. The van der Waals surface area contributed by atoms with E-state index in [4.69, 9.17) is 9.94 Å². The molecule has 0 radical (unpaired) electrons. The molecule has 66 valence electrons. The molecule has 1 heterocycles. The summed E-state index contributed by atoms with van der Waals surface area (Å²) in [6.45, 7) is 7.49. The van der Waals surface area contributed by atoms with Crippen molar-refractivity contribution in [3.05, 3.63) is 0 Å². The monoisotopic (exact) mass is 159 g/mol. The lowest BCUT2D eigenvalue weighted by Gasteiger charge is -2.24. The zero-order chi connectivity index (χ0) is 8.48. The van der Waals surface area contributed by atoms with Crippen LogP contribution in [0.1, 0.15) is 27.2 Å². The molecule has 1 N–H and O–H groups in total. The first-order valence-electron chi connectivity index (χ1n) is 4.09. The average molecular weight is 159 g/mol. The molecule has 0 bridgehead atoms. The van der Waals surface area contributed by atoms with E-state index in [9.17, 15) is 0 Å². The first-order valence-corrected chi connectivity index (χ1v) is 4.09. The standard InChI is InChI=1S/C8H17NO2/c1-8(2,3)11-7-4-5-9(10)6-7/h7,10H,4-6H2,1-3H3. The van der Waals surface area contributed by atoms with Crippen molar-refractivity contribution in [2.75, 3.05) is 13.1 Å². The Bertz CT molecular complexity index is 131. The van der Waals surface area contributed by atoms with Crippen LogP contribution in [0.2, 0.25) is 0 Å². The van der Waals surface area contributed by atoms with Crippen LogP contribution in [0.25, 0.3) is 0 Å². The van der Waals surface area contributed by atoms with Gasteiger partial charge in [-0.1, -0.05) is 0 Å². The van der Waals surface area contributed by atoms with E-state index < -0.39 is 0 Å². The van der Waals surface area contributed by atoms with E-state index in [1.165, 1.54) is 5.06 Å². The highest BCUT2D eigenvalue weighted by atomic mass is 16.5. The van der Waals surface area contributed by atoms with Crippen molar-refractivity contribution in [3.63, 3.8) is 0 Å². The Morgan fingerprint density at radius 1 is 1.45 bits per heavy atom. The van der Waals surface area contributed by atoms with Gasteiger partial charge in [0.2, 0.25) is 0 Å². The molecule has 1 unspecified atom stereocenters. The van der Waals surface area contributed by atoms with E-state index in [-0.39, 0.29) is 11.7 Å². The van der Waals surface area contributed by atoms with E-state index in [1.54, 1.807) is 0 Å². The van der Waals surface area contributed by atoms with Crippen molar-refractivity contribution < 1.29 is 9.94 Å². The van der Waals surface area contributed by atoms with Gasteiger partial charge < -0.3 is 9.94 Å². The molecule has 0 aromatic heterocycles. The van der Waals surface area contributed by atoms with Gasteiger partial charge in [0, 0.05) is 6.54 Å². The number of rotatable bonds is 1. The van der Waals surface area contributed by atoms with Gasteiger partial charge in [-0.15, -0.1) is 0 Å². The fourth-order valence-electron chi connectivity index (χ4n) is 1.31. The molecule has 1 atom stereocenters. The molecule has 1 fully saturated rings. The molecule has 0 aromatic rings. The van der Waals surface area contributed by atoms with Crippen LogP contribution >= 0.6 is 0 Å². The van der Waals surface area contributed by atoms with Crippen molar-refractivity contribution >= 4 is 0 Å². The first kappa shape index (κ1) is 8.97. The molecular formula is C8H17NO2. The second-order valence-electron chi connectivity index (χ2n) is 4.05. The number of hydroxylamine groups is 2. The van der Waals surface area contributed by atoms with Crippen LogP contribution in [-0.4, -0.2) is 35.1 Å². The highest BCUT2D eigenvalue weighted by Crippen LogP contribution is 2.17. The van der Waals surface area contributed by atoms with E-state index in [2.05, 4.69) is 0 Å². The summed E-state index contributed by atoms with van der Waals surface area (Å²) >= 11 is 0. The molecule has 0 saturated carbocycles. The molecule has 1 saturated heterocycles. The lowest BCUT2D eigenvalue weighted by Crippen LogP contribution is -2.29. The average Bonchev–Trinajstić information content (AvgIpc) is 2.10. The minimum absolute atomic E-state index is 0.0875. The summed E-state index contributed by atoms with van der Waals surface area (Å²) < 4.78 is 5.67. The summed E-state index contributed by atoms with van der Waals surface area (Å²) in [7, 11) is 0. The van der Waals surface area contributed by atoms with Gasteiger partial charge in [0.25, 0.3) is 0 Å². The van der Waals surface area contributed by atoms with Crippen LogP contribution in [0.15, 0.2) is 0 Å². The van der Waals surface area contributed by atoms with Gasteiger partial charge in [0.05, 0.1) is 18.2 Å². The largest absolute Gasteiger partial charge is 0.371 e. The number of ether oxygens (including phenoxy) is 1.